The molecule has 2 amide bonds. The van der Waals surface area contributed by atoms with Crippen LogP contribution in [-0.4, -0.2) is 50.0 Å². The van der Waals surface area contributed by atoms with Gasteiger partial charge >= 0.3 is 0 Å². The van der Waals surface area contributed by atoms with Gasteiger partial charge in [0.1, 0.15) is 12.6 Å². The number of sulfonamides is 1. The molecule has 12 heteroatoms. The predicted molar refractivity (Wildman–Crippen MR) is 148 cm³/mol. The molecule has 0 bridgehead atoms. The normalized spacial score (nSPS) is 13.1. The number of hydrogen-bond acceptors (Lipinski definition) is 4. The number of carbonyl (C=O) groups excluding carboxylic acids is 2. The van der Waals surface area contributed by atoms with E-state index in [0.717, 1.165) is 10.6 Å². The number of nitrogens with zero attached hydrogens (tertiary/aromatic N) is 2. The van der Waals surface area contributed by atoms with Crippen LogP contribution in [0.15, 0.2) is 36.4 Å². The van der Waals surface area contributed by atoms with E-state index in [1.165, 1.54) is 23.1 Å². The fraction of sp³-hybridized carbons (Fsp3) is 0.417. The summed E-state index contributed by atoms with van der Waals surface area (Å²) in [5, 5.41) is 3.87. The third-order valence-corrected chi connectivity index (χ3v) is 8.02. The monoisotopic (exact) mass is 595 g/mol. The molecule has 0 spiro atoms. The highest BCUT2D eigenvalue weighted by atomic mass is 35.5. The maximum atomic E-state index is 13.7. The van der Waals surface area contributed by atoms with Crippen LogP contribution >= 0.6 is 46.4 Å². The summed E-state index contributed by atoms with van der Waals surface area (Å²) in [6.07, 6.45) is 1.92. The van der Waals surface area contributed by atoms with Crippen molar-refractivity contribution in [1.29, 1.82) is 0 Å². The van der Waals surface area contributed by atoms with E-state index in [-0.39, 0.29) is 40.6 Å². The van der Waals surface area contributed by atoms with E-state index in [4.69, 9.17) is 46.4 Å². The van der Waals surface area contributed by atoms with Crippen LogP contribution in [0, 0.1) is 0 Å². The molecule has 0 saturated heterocycles. The van der Waals surface area contributed by atoms with Crippen molar-refractivity contribution in [1.82, 2.24) is 10.2 Å². The van der Waals surface area contributed by atoms with Crippen LogP contribution in [0.4, 0.5) is 5.69 Å². The zero-order valence-electron chi connectivity index (χ0n) is 20.4. The minimum Gasteiger partial charge on any atom is -0.352 e. The van der Waals surface area contributed by atoms with E-state index in [1.807, 2.05) is 13.8 Å². The van der Waals surface area contributed by atoms with Crippen molar-refractivity contribution in [3.05, 3.63) is 62.1 Å². The summed E-state index contributed by atoms with van der Waals surface area (Å²) in [5.74, 6) is -1.01. The second kappa shape index (κ2) is 13.2. The van der Waals surface area contributed by atoms with Crippen molar-refractivity contribution in [2.24, 2.45) is 0 Å². The highest BCUT2D eigenvalue weighted by Crippen LogP contribution is 2.32. The number of hydrogen-bond donors (Lipinski definition) is 1. The first-order valence-corrected chi connectivity index (χ1v) is 14.6. The maximum absolute atomic E-state index is 13.7. The van der Waals surface area contributed by atoms with Gasteiger partial charge in [0.25, 0.3) is 0 Å². The number of anilines is 1. The predicted octanol–water partition coefficient (Wildman–Crippen LogP) is 5.79. The summed E-state index contributed by atoms with van der Waals surface area (Å²) < 4.78 is 26.3. The molecule has 0 aliphatic carbocycles. The molecule has 0 aliphatic heterocycles. The van der Waals surface area contributed by atoms with E-state index in [1.54, 1.807) is 25.1 Å². The molecule has 2 aromatic rings. The number of rotatable bonds is 11. The molecule has 7 nitrogen and oxygen atoms in total. The van der Waals surface area contributed by atoms with Crippen LogP contribution in [0.1, 0.15) is 39.2 Å². The van der Waals surface area contributed by atoms with Crippen molar-refractivity contribution in [2.75, 3.05) is 17.1 Å². The van der Waals surface area contributed by atoms with Crippen molar-refractivity contribution in [3.63, 3.8) is 0 Å². The number of carbonyl (C=O) groups is 2. The van der Waals surface area contributed by atoms with Crippen molar-refractivity contribution in [2.45, 2.75) is 52.2 Å². The Morgan fingerprint density at radius 2 is 1.58 bits per heavy atom. The first kappa shape index (κ1) is 30.5. The van der Waals surface area contributed by atoms with Crippen molar-refractivity contribution >= 4 is 73.9 Å². The van der Waals surface area contributed by atoms with Gasteiger partial charge in [0.05, 0.1) is 17.0 Å². The third kappa shape index (κ3) is 7.89. The minimum absolute atomic E-state index is 0.0489. The molecule has 2 aromatic carbocycles. The van der Waals surface area contributed by atoms with Crippen LogP contribution in [0.5, 0.6) is 0 Å². The fourth-order valence-corrected chi connectivity index (χ4v) is 5.29. The van der Waals surface area contributed by atoms with E-state index >= 15 is 0 Å². The molecular formula is C24H29Cl4N3O4S. The quantitative estimate of drug-likeness (QED) is 0.356. The van der Waals surface area contributed by atoms with Crippen LogP contribution in [-0.2, 0) is 26.2 Å². The highest BCUT2D eigenvalue weighted by Gasteiger charge is 2.33. The van der Waals surface area contributed by atoms with E-state index < -0.39 is 28.5 Å². The Morgan fingerprint density at radius 1 is 0.972 bits per heavy atom. The summed E-state index contributed by atoms with van der Waals surface area (Å²) in [4.78, 5) is 28.2. The summed E-state index contributed by atoms with van der Waals surface area (Å²) in [6, 6.07) is 8.20. The van der Waals surface area contributed by atoms with Gasteiger partial charge < -0.3 is 10.2 Å². The van der Waals surface area contributed by atoms with Gasteiger partial charge in [-0.15, -0.1) is 0 Å². The molecule has 2 atom stereocenters. The Bertz CT molecular complexity index is 1190. The lowest BCUT2D eigenvalue weighted by Gasteiger charge is -2.34. The zero-order valence-corrected chi connectivity index (χ0v) is 24.2. The molecule has 0 saturated carbocycles. The summed E-state index contributed by atoms with van der Waals surface area (Å²) in [7, 11) is -3.96. The van der Waals surface area contributed by atoms with Gasteiger partial charge in [-0.05, 0) is 50.1 Å². The summed E-state index contributed by atoms with van der Waals surface area (Å²) >= 11 is 25.1. The van der Waals surface area contributed by atoms with E-state index in [0.29, 0.717) is 22.0 Å². The van der Waals surface area contributed by atoms with E-state index in [2.05, 4.69) is 5.32 Å². The third-order valence-electron chi connectivity index (χ3n) is 5.63. The standard InChI is InChI=1S/C24H29Cl4N3O4S/c1-5-15(3)29-24(33)21(6-2)30(13-17-18(26)8-7-9-19(17)27)23(32)14-31(36(4,34)35)22-12-16(25)10-11-20(22)28/h7-12,15,21H,5-6,13-14H2,1-4H3,(H,29,33)/t15-,21+/m1/s1. The first-order chi connectivity index (χ1) is 16.8. The first-order valence-electron chi connectivity index (χ1n) is 11.3. The molecule has 0 aliphatic rings. The molecule has 2 rings (SSSR count). The number of amides is 2. The average Bonchev–Trinajstić information content (AvgIpc) is 2.79. The molecule has 0 unspecified atom stereocenters. The smallest absolute Gasteiger partial charge is 0.244 e. The second-order valence-corrected chi connectivity index (χ2v) is 11.9. The lowest BCUT2D eigenvalue weighted by molar-refractivity contribution is -0.140. The molecular weight excluding hydrogens is 568 g/mol. The Morgan fingerprint density at radius 3 is 2.11 bits per heavy atom. The van der Waals surface area contributed by atoms with Crippen molar-refractivity contribution in [3.8, 4) is 0 Å². The summed E-state index contributed by atoms with van der Waals surface area (Å²) in [6.45, 7) is 4.82. The topological polar surface area (TPSA) is 86.8 Å². The SMILES string of the molecule is CC[C@@H](C)NC(=O)[C@H](CC)N(Cc1c(Cl)cccc1Cl)C(=O)CN(c1cc(Cl)ccc1Cl)S(C)(=O)=O. The maximum Gasteiger partial charge on any atom is 0.244 e. The summed E-state index contributed by atoms with van der Waals surface area (Å²) in [5.41, 5.74) is 0.489. The largest absolute Gasteiger partial charge is 0.352 e. The highest BCUT2D eigenvalue weighted by molar-refractivity contribution is 7.92. The van der Waals surface area contributed by atoms with Gasteiger partial charge in [0, 0.05) is 33.2 Å². The molecule has 1 N–H and O–H groups in total. The second-order valence-electron chi connectivity index (χ2n) is 8.33. The Labute approximate surface area is 232 Å². The molecule has 0 heterocycles. The van der Waals surface area contributed by atoms with Gasteiger partial charge in [-0.25, -0.2) is 8.42 Å². The zero-order chi connectivity index (χ0) is 27.2. The number of halogens is 4. The van der Waals surface area contributed by atoms with Crippen LogP contribution < -0.4 is 9.62 Å². The van der Waals surface area contributed by atoms with Gasteiger partial charge in [-0.1, -0.05) is 66.3 Å². The molecule has 0 fully saturated rings. The van der Waals surface area contributed by atoms with E-state index in [9.17, 15) is 18.0 Å². The van der Waals surface area contributed by atoms with Gasteiger partial charge in [0.15, 0.2) is 0 Å². The van der Waals surface area contributed by atoms with Crippen LogP contribution in [0.2, 0.25) is 20.1 Å². The molecule has 0 aromatic heterocycles. The molecule has 0 radical (unpaired) electrons. The Hall–Kier alpha value is -1.71. The molecule has 36 heavy (non-hydrogen) atoms. The van der Waals surface area contributed by atoms with Gasteiger partial charge in [-0.2, -0.15) is 0 Å². The lowest BCUT2D eigenvalue weighted by atomic mass is 10.1. The minimum atomic E-state index is -3.96. The van der Waals surface area contributed by atoms with Gasteiger partial charge in [-0.3, -0.25) is 13.9 Å². The number of benzene rings is 2. The Balaban J connectivity index is 2.55. The van der Waals surface area contributed by atoms with Crippen LogP contribution in [0.3, 0.4) is 0 Å². The lowest BCUT2D eigenvalue weighted by Crippen LogP contribution is -2.53. The van der Waals surface area contributed by atoms with Crippen molar-refractivity contribution < 1.29 is 18.0 Å². The Kier molecular flexibility index (Phi) is 11.2. The fourth-order valence-electron chi connectivity index (χ4n) is 3.49. The number of nitrogens with one attached hydrogen (secondary N) is 1. The van der Waals surface area contributed by atoms with Crippen LogP contribution in [0.25, 0.3) is 0 Å². The average molecular weight is 597 g/mol. The van der Waals surface area contributed by atoms with Gasteiger partial charge in [0.2, 0.25) is 21.8 Å². The molecule has 198 valence electrons.